The molecule has 21 heavy (non-hydrogen) atoms. The number of nitrogens with one attached hydrogen (secondary N) is 2. The van der Waals surface area contributed by atoms with Gasteiger partial charge in [-0.2, -0.15) is 0 Å². The summed E-state index contributed by atoms with van der Waals surface area (Å²) in [5.41, 5.74) is 1.98. The van der Waals surface area contributed by atoms with E-state index in [1.807, 2.05) is 24.3 Å². The van der Waals surface area contributed by atoms with Gasteiger partial charge in [0.05, 0.1) is 12.1 Å². The number of carbonyl (C=O) groups is 2. The van der Waals surface area contributed by atoms with Crippen LogP contribution in [0.5, 0.6) is 0 Å². The lowest BCUT2D eigenvalue weighted by atomic mass is 10.2. The lowest BCUT2D eigenvalue weighted by molar-refractivity contribution is -0.134. The van der Waals surface area contributed by atoms with Gasteiger partial charge in [-0.1, -0.05) is 12.1 Å². The fraction of sp³-hybridized carbons (Fsp3) is 0.467. The molecular formula is C15H19N3O3. The number of ether oxygens (including phenoxy) is 1. The molecule has 0 aromatic heterocycles. The van der Waals surface area contributed by atoms with Crippen molar-refractivity contribution in [3.05, 3.63) is 29.8 Å². The molecule has 2 aliphatic heterocycles. The van der Waals surface area contributed by atoms with Crippen molar-refractivity contribution in [2.24, 2.45) is 0 Å². The third kappa shape index (κ3) is 3.40. The van der Waals surface area contributed by atoms with Crippen LogP contribution >= 0.6 is 0 Å². The van der Waals surface area contributed by atoms with Crippen LogP contribution in [0.25, 0.3) is 0 Å². The Bertz CT molecular complexity index is 544. The molecule has 2 unspecified atom stereocenters. The van der Waals surface area contributed by atoms with Crippen LogP contribution in [0.3, 0.4) is 0 Å². The summed E-state index contributed by atoms with van der Waals surface area (Å²) in [4.78, 5) is 24.6. The molecular weight excluding hydrogens is 270 g/mol. The van der Waals surface area contributed by atoms with Crippen LogP contribution in [0.15, 0.2) is 24.3 Å². The van der Waals surface area contributed by atoms with E-state index in [9.17, 15) is 9.59 Å². The largest absolute Gasteiger partial charge is 0.365 e. The first-order valence-corrected chi connectivity index (χ1v) is 7.10. The van der Waals surface area contributed by atoms with Crippen LogP contribution in [0.4, 0.5) is 5.69 Å². The summed E-state index contributed by atoms with van der Waals surface area (Å²) in [5, 5.41) is 5.72. The van der Waals surface area contributed by atoms with E-state index in [0.717, 1.165) is 25.3 Å². The molecule has 0 saturated carbocycles. The van der Waals surface area contributed by atoms with Gasteiger partial charge in [-0.05, 0) is 17.7 Å². The first-order valence-electron chi connectivity index (χ1n) is 7.10. The minimum absolute atomic E-state index is 0.0299. The van der Waals surface area contributed by atoms with Gasteiger partial charge in [0.25, 0.3) is 0 Å². The molecule has 2 fully saturated rings. The predicted molar refractivity (Wildman–Crippen MR) is 77.7 cm³/mol. The Labute approximate surface area is 123 Å². The Morgan fingerprint density at radius 2 is 2.14 bits per heavy atom. The standard InChI is InChI=1S/C15H19N3O3/c1-10(19)16-12-4-2-11(3-5-12)6-18-7-13-14(8-18)21-9-15(20)17-13/h2-5,13-14H,6-9H2,1H3,(H,16,19)(H,17,20). The van der Waals surface area contributed by atoms with E-state index < -0.39 is 0 Å². The van der Waals surface area contributed by atoms with Crippen molar-refractivity contribution >= 4 is 17.5 Å². The molecule has 2 heterocycles. The van der Waals surface area contributed by atoms with Crippen molar-refractivity contribution in [1.82, 2.24) is 10.2 Å². The Balaban J connectivity index is 1.57. The number of anilines is 1. The van der Waals surface area contributed by atoms with E-state index in [0.29, 0.717) is 0 Å². The van der Waals surface area contributed by atoms with Crippen LogP contribution in [-0.2, 0) is 20.9 Å². The summed E-state index contributed by atoms with van der Waals surface area (Å²) in [7, 11) is 0. The van der Waals surface area contributed by atoms with Crippen LogP contribution in [0.2, 0.25) is 0 Å². The van der Waals surface area contributed by atoms with E-state index >= 15 is 0 Å². The minimum Gasteiger partial charge on any atom is -0.365 e. The molecule has 0 radical (unpaired) electrons. The number of fused-ring (bicyclic) bond motifs is 1. The van der Waals surface area contributed by atoms with Gasteiger partial charge in [0.15, 0.2) is 0 Å². The topological polar surface area (TPSA) is 70.7 Å². The fourth-order valence-electron chi connectivity index (χ4n) is 2.87. The van der Waals surface area contributed by atoms with Gasteiger partial charge >= 0.3 is 0 Å². The van der Waals surface area contributed by atoms with Crippen molar-refractivity contribution in [3.8, 4) is 0 Å². The quantitative estimate of drug-likeness (QED) is 0.842. The molecule has 0 spiro atoms. The number of hydrogen-bond acceptors (Lipinski definition) is 4. The lowest BCUT2D eigenvalue weighted by Crippen LogP contribution is -2.50. The SMILES string of the molecule is CC(=O)Nc1ccc(CN2CC3NC(=O)COC3C2)cc1. The number of morpholine rings is 1. The third-order valence-electron chi connectivity index (χ3n) is 3.80. The molecule has 2 aliphatic rings. The van der Waals surface area contributed by atoms with Crippen LogP contribution in [0, 0.1) is 0 Å². The van der Waals surface area contributed by atoms with Crippen molar-refractivity contribution in [2.75, 3.05) is 25.0 Å². The zero-order valence-electron chi connectivity index (χ0n) is 12.0. The number of nitrogens with zero attached hydrogens (tertiary/aromatic N) is 1. The number of hydrogen-bond donors (Lipinski definition) is 2. The third-order valence-corrected chi connectivity index (χ3v) is 3.80. The van der Waals surface area contributed by atoms with E-state index in [2.05, 4.69) is 15.5 Å². The van der Waals surface area contributed by atoms with Gasteiger partial charge in [0, 0.05) is 32.2 Å². The molecule has 1 aromatic carbocycles. The fourth-order valence-corrected chi connectivity index (χ4v) is 2.87. The highest BCUT2D eigenvalue weighted by Crippen LogP contribution is 2.19. The summed E-state index contributed by atoms with van der Waals surface area (Å²) in [6.07, 6.45) is 0.0985. The maximum Gasteiger partial charge on any atom is 0.246 e. The smallest absolute Gasteiger partial charge is 0.246 e. The summed E-state index contributed by atoms with van der Waals surface area (Å²) in [6, 6.07) is 7.92. The molecule has 6 nitrogen and oxygen atoms in total. The summed E-state index contributed by atoms with van der Waals surface area (Å²) in [6.45, 7) is 4.11. The highest BCUT2D eigenvalue weighted by molar-refractivity contribution is 5.88. The zero-order chi connectivity index (χ0) is 14.8. The van der Waals surface area contributed by atoms with Gasteiger partial charge in [0.1, 0.15) is 6.61 Å². The maximum atomic E-state index is 11.3. The molecule has 2 N–H and O–H groups in total. The highest BCUT2D eigenvalue weighted by atomic mass is 16.5. The highest BCUT2D eigenvalue weighted by Gasteiger charge is 2.37. The normalized spacial score (nSPS) is 25.3. The van der Waals surface area contributed by atoms with Gasteiger partial charge < -0.3 is 15.4 Å². The second kappa shape index (κ2) is 5.83. The van der Waals surface area contributed by atoms with Crippen molar-refractivity contribution in [2.45, 2.75) is 25.6 Å². The first-order chi connectivity index (χ1) is 10.1. The van der Waals surface area contributed by atoms with Crippen molar-refractivity contribution in [1.29, 1.82) is 0 Å². The molecule has 2 amide bonds. The summed E-state index contributed by atoms with van der Waals surface area (Å²) < 4.78 is 5.54. The number of rotatable bonds is 3. The monoisotopic (exact) mass is 289 g/mol. The van der Waals surface area contributed by atoms with E-state index in [1.54, 1.807) is 0 Å². The first kappa shape index (κ1) is 14.0. The van der Waals surface area contributed by atoms with Crippen molar-refractivity contribution < 1.29 is 14.3 Å². The van der Waals surface area contributed by atoms with Gasteiger partial charge in [-0.15, -0.1) is 0 Å². The van der Waals surface area contributed by atoms with Crippen LogP contribution < -0.4 is 10.6 Å². The molecule has 3 rings (SSSR count). The molecule has 112 valence electrons. The Hall–Kier alpha value is -1.92. The lowest BCUT2D eigenvalue weighted by Gasteiger charge is -2.25. The van der Waals surface area contributed by atoms with Gasteiger partial charge in [0.2, 0.25) is 11.8 Å². The average molecular weight is 289 g/mol. The van der Waals surface area contributed by atoms with E-state index in [4.69, 9.17) is 4.74 Å². The van der Waals surface area contributed by atoms with Crippen LogP contribution in [0.1, 0.15) is 12.5 Å². The average Bonchev–Trinajstić information content (AvgIpc) is 2.82. The number of carbonyl (C=O) groups excluding carboxylic acids is 2. The summed E-state index contributed by atoms with van der Waals surface area (Å²) in [5.74, 6) is -0.1000. The molecule has 1 aromatic rings. The molecule has 0 aliphatic carbocycles. The number of amides is 2. The van der Waals surface area contributed by atoms with E-state index in [1.165, 1.54) is 12.5 Å². The predicted octanol–water partition coefficient (Wildman–Crippen LogP) is 0.344. The van der Waals surface area contributed by atoms with E-state index in [-0.39, 0.29) is 30.6 Å². The maximum absolute atomic E-state index is 11.3. The zero-order valence-corrected chi connectivity index (χ0v) is 12.0. The molecule has 0 bridgehead atoms. The molecule has 2 saturated heterocycles. The number of benzene rings is 1. The van der Waals surface area contributed by atoms with Gasteiger partial charge in [-0.25, -0.2) is 0 Å². The van der Waals surface area contributed by atoms with Gasteiger partial charge in [-0.3, -0.25) is 14.5 Å². The Morgan fingerprint density at radius 3 is 2.86 bits per heavy atom. The summed E-state index contributed by atoms with van der Waals surface area (Å²) >= 11 is 0. The molecule has 2 atom stereocenters. The van der Waals surface area contributed by atoms with Crippen LogP contribution in [-0.4, -0.2) is 48.6 Å². The Kier molecular flexibility index (Phi) is 3.90. The molecule has 6 heteroatoms. The Morgan fingerprint density at radius 1 is 1.38 bits per heavy atom. The van der Waals surface area contributed by atoms with Crippen molar-refractivity contribution in [3.63, 3.8) is 0 Å². The number of likely N-dealkylation sites (tertiary alicyclic amines) is 1. The second-order valence-electron chi connectivity index (χ2n) is 5.60. The minimum atomic E-state index is -0.0701. The second-order valence-corrected chi connectivity index (χ2v) is 5.60.